The second kappa shape index (κ2) is 6.48. The molecule has 1 amide bonds. The summed E-state index contributed by atoms with van der Waals surface area (Å²) in [5, 5.41) is 14.4. The van der Waals surface area contributed by atoms with Crippen molar-refractivity contribution in [2.75, 3.05) is 17.2 Å². The van der Waals surface area contributed by atoms with E-state index in [9.17, 15) is 9.18 Å². The second-order valence-corrected chi connectivity index (χ2v) is 4.22. The van der Waals surface area contributed by atoms with Gasteiger partial charge in [0.2, 0.25) is 0 Å². The number of halogens is 1. The van der Waals surface area contributed by atoms with Crippen LogP contribution in [0.4, 0.5) is 15.8 Å². The van der Waals surface area contributed by atoms with Gasteiger partial charge in [0.15, 0.2) is 0 Å². The summed E-state index contributed by atoms with van der Waals surface area (Å²) in [5.41, 5.74) is 1.28. The van der Waals surface area contributed by atoms with Gasteiger partial charge < -0.3 is 10.6 Å². The fraction of sp³-hybridized carbons (Fsp3) is 0.133. The van der Waals surface area contributed by atoms with Crippen LogP contribution >= 0.6 is 0 Å². The Morgan fingerprint density at radius 1 is 1.33 bits per heavy atom. The van der Waals surface area contributed by atoms with E-state index in [4.69, 9.17) is 5.26 Å². The lowest BCUT2D eigenvalue weighted by Gasteiger charge is -2.06. The Bertz CT molecular complexity index is 692. The number of nitrogens with zero attached hydrogens (tertiary/aromatic N) is 2. The molecule has 2 N–H and O–H groups in total. The number of hydrogen-bond donors (Lipinski definition) is 2. The van der Waals surface area contributed by atoms with E-state index in [1.54, 1.807) is 24.4 Å². The number of carbonyl (C=O) groups excluding carboxylic acids is 1. The number of nitriles is 1. The summed E-state index contributed by atoms with van der Waals surface area (Å²) in [7, 11) is 0. The van der Waals surface area contributed by atoms with Crippen molar-refractivity contribution < 1.29 is 9.18 Å². The fourth-order valence-electron chi connectivity index (χ4n) is 1.72. The molecule has 0 radical (unpaired) electrons. The zero-order chi connectivity index (χ0) is 15.2. The first-order valence-corrected chi connectivity index (χ1v) is 6.35. The summed E-state index contributed by atoms with van der Waals surface area (Å²) in [6.07, 6.45) is 1.56. The number of nitrogens with one attached hydrogen (secondary N) is 2. The molecule has 0 aliphatic heterocycles. The molecule has 0 fully saturated rings. The molecule has 21 heavy (non-hydrogen) atoms. The molecule has 106 valence electrons. The highest BCUT2D eigenvalue weighted by atomic mass is 19.1. The van der Waals surface area contributed by atoms with Crippen molar-refractivity contribution in [3.05, 3.63) is 53.6 Å². The highest BCUT2D eigenvalue weighted by molar-refractivity contribution is 6.03. The first kappa shape index (κ1) is 14.5. The van der Waals surface area contributed by atoms with Crippen LogP contribution in [0.1, 0.15) is 23.0 Å². The zero-order valence-electron chi connectivity index (χ0n) is 11.4. The van der Waals surface area contributed by atoms with Crippen LogP contribution in [-0.4, -0.2) is 17.4 Å². The predicted octanol–water partition coefficient (Wildman–Crippen LogP) is 2.78. The van der Waals surface area contributed by atoms with Crippen LogP contribution in [0.3, 0.4) is 0 Å². The van der Waals surface area contributed by atoms with E-state index in [2.05, 4.69) is 15.6 Å². The summed E-state index contributed by atoms with van der Waals surface area (Å²) < 4.78 is 13.2. The van der Waals surface area contributed by atoms with Gasteiger partial charge in [0.1, 0.15) is 17.6 Å². The van der Waals surface area contributed by atoms with Crippen LogP contribution in [0.25, 0.3) is 0 Å². The van der Waals surface area contributed by atoms with Crippen LogP contribution in [0.15, 0.2) is 36.5 Å². The standard InChI is InChI=1S/C15H13FN4O/c1-2-18-12-4-6-14(19-9-12)15(21)20-11-3-5-13(16)10(7-11)8-17/h3-7,9,18H,2H2,1H3,(H,20,21). The van der Waals surface area contributed by atoms with E-state index in [-0.39, 0.29) is 11.3 Å². The Hall–Kier alpha value is -2.94. The maximum atomic E-state index is 13.2. The van der Waals surface area contributed by atoms with Gasteiger partial charge in [-0.3, -0.25) is 4.79 Å². The molecule has 1 aromatic heterocycles. The lowest BCUT2D eigenvalue weighted by atomic mass is 10.2. The highest BCUT2D eigenvalue weighted by Gasteiger charge is 2.09. The monoisotopic (exact) mass is 284 g/mol. The molecule has 0 spiro atoms. The first-order chi connectivity index (χ1) is 10.1. The molecule has 0 atom stereocenters. The summed E-state index contributed by atoms with van der Waals surface area (Å²) >= 11 is 0. The molecule has 6 heteroatoms. The third-order valence-corrected chi connectivity index (χ3v) is 2.72. The molecule has 1 heterocycles. The van der Waals surface area contributed by atoms with Crippen LogP contribution in [-0.2, 0) is 0 Å². The topological polar surface area (TPSA) is 77.8 Å². The van der Waals surface area contributed by atoms with Gasteiger partial charge >= 0.3 is 0 Å². The van der Waals surface area contributed by atoms with Gasteiger partial charge in [0.05, 0.1) is 17.4 Å². The summed E-state index contributed by atoms with van der Waals surface area (Å²) in [4.78, 5) is 16.0. The quantitative estimate of drug-likeness (QED) is 0.905. The molecule has 0 bridgehead atoms. The Morgan fingerprint density at radius 3 is 2.71 bits per heavy atom. The average molecular weight is 284 g/mol. The number of aromatic nitrogens is 1. The number of carbonyl (C=O) groups is 1. The van der Waals surface area contributed by atoms with Crippen molar-refractivity contribution in [1.29, 1.82) is 5.26 Å². The Kier molecular flexibility index (Phi) is 4.46. The van der Waals surface area contributed by atoms with Gasteiger partial charge in [-0.25, -0.2) is 9.37 Å². The van der Waals surface area contributed by atoms with Crippen molar-refractivity contribution in [3.63, 3.8) is 0 Å². The molecule has 0 aliphatic rings. The van der Waals surface area contributed by atoms with Crippen molar-refractivity contribution in [2.24, 2.45) is 0 Å². The molecule has 0 aliphatic carbocycles. The largest absolute Gasteiger partial charge is 0.384 e. The molecule has 1 aromatic carbocycles. The van der Waals surface area contributed by atoms with E-state index >= 15 is 0 Å². The Morgan fingerprint density at radius 2 is 2.10 bits per heavy atom. The Labute approximate surface area is 121 Å². The van der Waals surface area contributed by atoms with E-state index in [1.165, 1.54) is 12.1 Å². The highest BCUT2D eigenvalue weighted by Crippen LogP contribution is 2.15. The predicted molar refractivity (Wildman–Crippen MR) is 77.5 cm³/mol. The van der Waals surface area contributed by atoms with Gasteiger partial charge in [-0.05, 0) is 37.3 Å². The van der Waals surface area contributed by atoms with E-state index < -0.39 is 11.7 Å². The van der Waals surface area contributed by atoms with Crippen LogP contribution in [0.5, 0.6) is 0 Å². The van der Waals surface area contributed by atoms with E-state index in [0.717, 1.165) is 18.3 Å². The SMILES string of the molecule is CCNc1ccc(C(=O)Nc2ccc(F)c(C#N)c2)nc1. The summed E-state index contributed by atoms with van der Waals surface area (Å²) in [5.74, 6) is -1.04. The minimum absolute atomic E-state index is 0.122. The molecule has 0 saturated heterocycles. The normalized spacial score (nSPS) is 9.76. The van der Waals surface area contributed by atoms with Gasteiger partial charge in [0, 0.05) is 12.2 Å². The van der Waals surface area contributed by atoms with Gasteiger partial charge in [0.25, 0.3) is 5.91 Å². The number of hydrogen-bond acceptors (Lipinski definition) is 4. The number of pyridine rings is 1. The van der Waals surface area contributed by atoms with Crippen LogP contribution in [0.2, 0.25) is 0 Å². The van der Waals surface area contributed by atoms with Gasteiger partial charge in [-0.2, -0.15) is 5.26 Å². The third kappa shape index (κ3) is 3.54. The van der Waals surface area contributed by atoms with Crippen LogP contribution < -0.4 is 10.6 Å². The van der Waals surface area contributed by atoms with Crippen molar-refractivity contribution in [2.45, 2.75) is 6.92 Å². The first-order valence-electron chi connectivity index (χ1n) is 6.35. The van der Waals surface area contributed by atoms with Crippen molar-refractivity contribution in [3.8, 4) is 6.07 Å². The van der Waals surface area contributed by atoms with Gasteiger partial charge in [-0.15, -0.1) is 0 Å². The lowest BCUT2D eigenvalue weighted by molar-refractivity contribution is 0.102. The lowest BCUT2D eigenvalue weighted by Crippen LogP contribution is -2.14. The van der Waals surface area contributed by atoms with Crippen molar-refractivity contribution in [1.82, 2.24) is 4.98 Å². The molecular formula is C15H13FN4O. The van der Waals surface area contributed by atoms with Crippen LogP contribution in [0, 0.1) is 17.1 Å². The Balaban J connectivity index is 2.12. The van der Waals surface area contributed by atoms with Crippen molar-refractivity contribution >= 4 is 17.3 Å². The maximum absolute atomic E-state index is 13.2. The molecule has 0 saturated carbocycles. The molecule has 2 rings (SSSR count). The smallest absolute Gasteiger partial charge is 0.274 e. The molecular weight excluding hydrogens is 271 g/mol. The fourth-order valence-corrected chi connectivity index (χ4v) is 1.72. The molecule has 2 aromatic rings. The number of rotatable bonds is 4. The van der Waals surface area contributed by atoms with Gasteiger partial charge in [-0.1, -0.05) is 0 Å². The van der Waals surface area contributed by atoms with E-state index in [0.29, 0.717) is 5.69 Å². The summed E-state index contributed by atoms with van der Waals surface area (Å²) in [6.45, 7) is 2.72. The number of benzene rings is 1. The summed E-state index contributed by atoms with van der Waals surface area (Å²) in [6, 6.07) is 8.85. The second-order valence-electron chi connectivity index (χ2n) is 4.22. The molecule has 5 nitrogen and oxygen atoms in total. The maximum Gasteiger partial charge on any atom is 0.274 e. The average Bonchev–Trinajstić information content (AvgIpc) is 2.50. The minimum atomic E-state index is -0.622. The third-order valence-electron chi connectivity index (χ3n) is 2.72. The zero-order valence-corrected chi connectivity index (χ0v) is 11.4. The minimum Gasteiger partial charge on any atom is -0.384 e. The number of amides is 1. The number of anilines is 2. The molecule has 0 unspecified atom stereocenters. The van der Waals surface area contributed by atoms with E-state index in [1.807, 2.05) is 6.92 Å².